The van der Waals surface area contributed by atoms with Crippen molar-refractivity contribution in [1.82, 2.24) is 0 Å². The predicted molar refractivity (Wildman–Crippen MR) is 114 cm³/mol. The Hall–Kier alpha value is -2.32. The molecule has 2 fully saturated rings. The summed E-state index contributed by atoms with van der Waals surface area (Å²) in [4.78, 5) is 0. The number of benzene rings is 1. The van der Waals surface area contributed by atoms with Gasteiger partial charge in [0.25, 0.3) is 0 Å². The van der Waals surface area contributed by atoms with E-state index in [1.807, 2.05) is 30.4 Å². The minimum absolute atomic E-state index is 0.696. The van der Waals surface area contributed by atoms with Crippen molar-refractivity contribution >= 4 is 0 Å². The SMILES string of the molecule is N#CC=CC=CC1CCC(CCC2CCC(c3ccc(C#N)cc3)CC2)CC1. The molecule has 146 valence electrons. The lowest BCUT2D eigenvalue weighted by Crippen LogP contribution is -2.17. The molecular formula is C26H32N2. The highest BCUT2D eigenvalue weighted by Crippen LogP contribution is 2.39. The lowest BCUT2D eigenvalue weighted by Gasteiger charge is -2.31. The van der Waals surface area contributed by atoms with E-state index in [9.17, 15) is 0 Å². The van der Waals surface area contributed by atoms with Crippen molar-refractivity contribution in [3.63, 3.8) is 0 Å². The third-order valence-corrected chi connectivity index (χ3v) is 6.90. The van der Waals surface area contributed by atoms with Gasteiger partial charge in [0.05, 0.1) is 17.7 Å². The van der Waals surface area contributed by atoms with E-state index in [1.54, 1.807) is 0 Å². The van der Waals surface area contributed by atoms with E-state index in [0.717, 1.165) is 17.4 Å². The molecule has 0 heterocycles. The zero-order valence-electron chi connectivity index (χ0n) is 16.9. The van der Waals surface area contributed by atoms with E-state index < -0.39 is 0 Å². The average Bonchev–Trinajstić information content (AvgIpc) is 2.76. The van der Waals surface area contributed by atoms with Crippen LogP contribution in [0.1, 0.15) is 81.3 Å². The fourth-order valence-corrected chi connectivity index (χ4v) is 5.07. The second kappa shape index (κ2) is 10.9. The zero-order valence-corrected chi connectivity index (χ0v) is 16.9. The van der Waals surface area contributed by atoms with Crippen LogP contribution < -0.4 is 0 Å². The summed E-state index contributed by atoms with van der Waals surface area (Å²) in [6.07, 6.45) is 21.3. The third-order valence-electron chi connectivity index (χ3n) is 6.90. The molecule has 1 aromatic rings. The van der Waals surface area contributed by atoms with Crippen LogP contribution in [0.4, 0.5) is 0 Å². The number of nitriles is 2. The minimum atomic E-state index is 0.696. The van der Waals surface area contributed by atoms with Gasteiger partial charge in [0.15, 0.2) is 0 Å². The second-order valence-electron chi connectivity index (χ2n) is 8.68. The maximum absolute atomic E-state index is 8.95. The summed E-state index contributed by atoms with van der Waals surface area (Å²) in [5.74, 6) is 3.25. The van der Waals surface area contributed by atoms with Crippen LogP contribution in [0.5, 0.6) is 0 Å². The van der Waals surface area contributed by atoms with Crippen molar-refractivity contribution in [3.05, 3.63) is 59.7 Å². The van der Waals surface area contributed by atoms with Gasteiger partial charge < -0.3 is 0 Å². The molecule has 0 spiro atoms. The van der Waals surface area contributed by atoms with Crippen molar-refractivity contribution in [2.45, 2.75) is 70.1 Å². The van der Waals surface area contributed by atoms with Crippen LogP contribution >= 0.6 is 0 Å². The molecule has 1 aromatic carbocycles. The molecule has 0 unspecified atom stereocenters. The van der Waals surface area contributed by atoms with Gasteiger partial charge in [0.1, 0.15) is 0 Å². The highest BCUT2D eigenvalue weighted by atomic mass is 14.3. The van der Waals surface area contributed by atoms with Crippen LogP contribution in [0.2, 0.25) is 0 Å². The average molecular weight is 373 g/mol. The molecule has 0 saturated heterocycles. The van der Waals surface area contributed by atoms with E-state index in [0.29, 0.717) is 11.8 Å². The first-order chi connectivity index (χ1) is 13.8. The Morgan fingerprint density at radius 2 is 1.39 bits per heavy atom. The van der Waals surface area contributed by atoms with Gasteiger partial charge in [-0.15, -0.1) is 0 Å². The predicted octanol–water partition coefficient (Wildman–Crippen LogP) is 7.05. The zero-order chi connectivity index (χ0) is 19.6. The summed E-state index contributed by atoms with van der Waals surface area (Å²) in [5.41, 5.74) is 2.19. The fraction of sp³-hybridized carbons (Fsp3) is 0.538. The van der Waals surface area contributed by atoms with E-state index in [-0.39, 0.29) is 0 Å². The van der Waals surface area contributed by atoms with Crippen molar-refractivity contribution in [2.75, 3.05) is 0 Å². The Bertz CT molecular complexity index is 728. The van der Waals surface area contributed by atoms with Gasteiger partial charge in [-0.3, -0.25) is 0 Å². The highest BCUT2D eigenvalue weighted by Gasteiger charge is 2.24. The molecule has 0 atom stereocenters. The second-order valence-corrected chi connectivity index (χ2v) is 8.68. The molecule has 0 amide bonds. The molecule has 0 aliphatic heterocycles. The van der Waals surface area contributed by atoms with Crippen molar-refractivity contribution in [3.8, 4) is 12.1 Å². The molecule has 0 N–H and O–H groups in total. The third kappa shape index (κ3) is 6.10. The van der Waals surface area contributed by atoms with Crippen molar-refractivity contribution in [2.24, 2.45) is 17.8 Å². The highest BCUT2D eigenvalue weighted by molar-refractivity contribution is 5.33. The van der Waals surface area contributed by atoms with Crippen LogP contribution in [0.15, 0.2) is 48.6 Å². The minimum Gasteiger partial charge on any atom is -0.193 e. The standard InChI is InChI=1S/C26H32N2/c27-19-3-1-2-4-21-5-7-22(8-6-21)9-10-23-11-15-25(16-12-23)26-17-13-24(20-28)14-18-26/h1-4,13-14,17-18,21-23,25H,5-12,15-16H2. The van der Waals surface area contributed by atoms with E-state index in [1.165, 1.54) is 75.8 Å². The number of hydrogen-bond donors (Lipinski definition) is 0. The van der Waals surface area contributed by atoms with Crippen LogP contribution in [-0.4, -0.2) is 0 Å². The Morgan fingerprint density at radius 3 is 1.96 bits per heavy atom. The summed E-state index contributed by atoms with van der Waals surface area (Å²) in [7, 11) is 0. The summed E-state index contributed by atoms with van der Waals surface area (Å²) < 4.78 is 0. The fourth-order valence-electron chi connectivity index (χ4n) is 5.07. The molecule has 2 aliphatic rings. The van der Waals surface area contributed by atoms with Crippen molar-refractivity contribution < 1.29 is 0 Å². The number of hydrogen-bond acceptors (Lipinski definition) is 2. The van der Waals surface area contributed by atoms with Gasteiger partial charge in [-0.05, 0) is 92.7 Å². The maximum atomic E-state index is 8.95. The monoisotopic (exact) mass is 372 g/mol. The van der Waals surface area contributed by atoms with Crippen LogP contribution in [0, 0.1) is 40.4 Å². The van der Waals surface area contributed by atoms with Crippen molar-refractivity contribution in [1.29, 1.82) is 10.5 Å². The van der Waals surface area contributed by atoms with Gasteiger partial charge in [0, 0.05) is 6.08 Å². The normalized spacial score (nSPS) is 28.2. The largest absolute Gasteiger partial charge is 0.193 e. The van der Waals surface area contributed by atoms with Gasteiger partial charge in [0.2, 0.25) is 0 Å². The summed E-state index contributed by atoms with van der Waals surface area (Å²) in [6.45, 7) is 0. The summed E-state index contributed by atoms with van der Waals surface area (Å²) >= 11 is 0. The van der Waals surface area contributed by atoms with Crippen LogP contribution in [-0.2, 0) is 0 Å². The molecule has 0 aromatic heterocycles. The quantitative estimate of drug-likeness (QED) is 0.396. The van der Waals surface area contributed by atoms with Crippen LogP contribution in [0.25, 0.3) is 0 Å². The first kappa shape index (κ1) is 20.4. The first-order valence-electron chi connectivity index (χ1n) is 11.0. The van der Waals surface area contributed by atoms with Gasteiger partial charge in [-0.2, -0.15) is 10.5 Å². The smallest absolute Gasteiger partial charge is 0.0991 e. The number of rotatable bonds is 6. The molecule has 0 bridgehead atoms. The maximum Gasteiger partial charge on any atom is 0.0991 e. The molecule has 2 aliphatic carbocycles. The van der Waals surface area contributed by atoms with Gasteiger partial charge in [-0.1, -0.05) is 43.2 Å². The summed E-state index contributed by atoms with van der Waals surface area (Å²) in [6, 6.07) is 12.5. The molecule has 0 radical (unpaired) electrons. The molecule has 2 nitrogen and oxygen atoms in total. The Labute approximate surface area is 170 Å². The van der Waals surface area contributed by atoms with Gasteiger partial charge >= 0.3 is 0 Å². The number of allylic oxidation sites excluding steroid dienone is 4. The molecule has 3 rings (SSSR count). The molecule has 2 heteroatoms. The summed E-state index contributed by atoms with van der Waals surface area (Å²) in [5, 5.41) is 17.5. The van der Waals surface area contributed by atoms with Crippen LogP contribution in [0.3, 0.4) is 0 Å². The van der Waals surface area contributed by atoms with E-state index in [4.69, 9.17) is 10.5 Å². The van der Waals surface area contributed by atoms with Gasteiger partial charge in [-0.25, -0.2) is 0 Å². The Morgan fingerprint density at radius 1 is 0.786 bits per heavy atom. The molecule has 2 saturated carbocycles. The number of nitrogens with zero attached hydrogens (tertiary/aromatic N) is 2. The Balaban J connectivity index is 1.34. The first-order valence-corrected chi connectivity index (χ1v) is 11.0. The Kier molecular flexibility index (Phi) is 7.93. The molecular weight excluding hydrogens is 340 g/mol. The van der Waals surface area contributed by atoms with E-state index >= 15 is 0 Å². The van der Waals surface area contributed by atoms with E-state index in [2.05, 4.69) is 24.3 Å². The lowest BCUT2D eigenvalue weighted by atomic mass is 9.74. The lowest BCUT2D eigenvalue weighted by molar-refractivity contribution is 0.246. The topological polar surface area (TPSA) is 47.6 Å². The molecule has 28 heavy (non-hydrogen) atoms.